The number of nitriles is 1. The molecule has 3 aliphatic carbocycles. The SMILES string of the molecule is N#C[C@@]1(C2CC2)CCN(c2nc(-c3cnn(C45CC4C5)c3)cn3ncc(F)c23)C1=O. The summed E-state index contributed by atoms with van der Waals surface area (Å²) in [6, 6.07) is 2.27. The van der Waals surface area contributed by atoms with Crippen molar-refractivity contribution in [3.63, 3.8) is 0 Å². The van der Waals surface area contributed by atoms with E-state index < -0.39 is 11.2 Å². The van der Waals surface area contributed by atoms with Gasteiger partial charge in [-0.3, -0.25) is 14.4 Å². The molecule has 0 spiro atoms. The van der Waals surface area contributed by atoms with Crippen LogP contribution in [-0.2, 0) is 10.3 Å². The molecule has 0 radical (unpaired) electrons. The number of aromatic nitrogens is 5. The van der Waals surface area contributed by atoms with E-state index in [0.717, 1.165) is 30.5 Å². The van der Waals surface area contributed by atoms with Gasteiger partial charge in [-0.25, -0.2) is 13.9 Å². The fraction of sp³-hybridized carbons (Fsp3) is 0.476. The van der Waals surface area contributed by atoms with Gasteiger partial charge in [-0.1, -0.05) is 0 Å². The fourth-order valence-electron chi connectivity index (χ4n) is 5.13. The molecule has 1 amide bonds. The summed E-state index contributed by atoms with van der Waals surface area (Å²) >= 11 is 0. The Morgan fingerprint density at radius 2 is 1.97 bits per heavy atom. The van der Waals surface area contributed by atoms with E-state index >= 15 is 0 Å². The molecule has 7 rings (SSSR count). The van der Waals surface area contributed by atoms with Crippen LogP contribution < -0.4 is 4.90 Å². The molecule has 1 atom stereocenters. The lowest BCUT2D eigenvalue weighted by Crippen LogP contribution is -2.36. The number of rotatable bonds is 4. The molecule has 3 aromatic heterocycles. The Kier molecular flexibility index (Phi) is 2.79. The minimum absolute atomic E-state index is 0.0940. The van der Waals surface area contributed by atoms with Gasteiger partial charge in [0, 0.05) is 18.3 Å². The van der Waals surface area contributed by atoms with Crippen molar-refractivity contribution in [1.82, 2.24) is 24.4 Å². The maximum absolute atomic E-state index is 14.6. The lowest BCUT2D eigenvalue weighted by atomic mass is 9.83. The number of carbonyl (C=O) groups excluding carboxylic acids is 1. The predicted molar refractivity (Wildman–Crippen MR) is 103 cm³/mol. The van der Waals surface area contributed by atoms with Crippen LogP contribution in [0.2, 0.25) is 0 Å². The zero-order valence-corrected chi connectivity index (χ0v) is 16.1. The minimum atomic E-state index is -1.01. The number of anilines is 1. The first-order valence-corrected chi connectivity index (χ1v) is 10.4. The van der Waals surface area contributed by atoms with Gasteiger partial charge in [0.15, 0.2) is 11.6 Å². The molecule has 0 N–H and O–H groups in total. The predicted octanol–water partition coefficient (Wildman–Crippen LogP) is 2.51. The topological polar surface area (TPSA) is 92.1 Å². The standard InChI is InChI=1S/C21H18FN7O/c22-15-8-24-28-10-16(12-7-25-29(9-12)21-5-14(21)6-21)26-18(17(15)28)27-4-3-20(11-23,19(27)30)13-1-2-13/h7-10,13-14H,1-6H2/t14?,20-,21?/m1/s1. The van der Waals surface area contributed by atoms with E-state index in [4.69, 9.17) is 0 Å². The third kappa shape index (κ3) is 1.94. The summed E-state index contributed by atoms with van der Waals surface area (Å²) in [6.07, 6.45) is 11.1. The van der Waals surface area contributed by atoms with Crippen LogP contribution in [0.3, 0.4) is 0 Å². The van der Waals surface area contributed by atoms with Crippen molar-refractivity contribution >= 4 is 17.2 Å². The van der Waals surface area contributed by atoms with E-state index in [1.165, 1.54) is 22.3 Å². The lowest BCUT2D eigenvalue weighted by molar-refractivity contribution is -0.123. The molecule has 0 unspecified atom stereocenters. The number of fused-ring (bicyclic) bond motifs is 2. The summed E-state index contributed by atoms with van der Waals surface area (Å²) in [7, 11) is 0. The van der Waals surface area contributed by atoms with Crippen LogP contribution in [0.5, 0.6) is 0 Å². The van der Waals surface area contributed by atoms with Crippen molar-refractivity contribution in [2.24, 2.45) is 17.3 Å². The largest absolute Gasteiger partial charge is 0.293 e. The van der Waals surface area contributed by atoms with E-state index in [1.54, 1.807) is 12.4 Å². The highest BCUT2D eigenvalue weighted by Crippen LogP contribution is 2.72. The molecule has 4 heterocycles. The smallest absolute Gasteiger partial charge is 0.249 e. The first kappa shape index (κ1) is 16.5. The Bertz CT molecular complexity index is 1290. The van der Waals surface area contributed by atoms with Crippen LogP contribution in [0.25, 0.3) is 16.8 Å². The van der Waals surface area contributed by atoms with Crippen LogP contribution in [0.15, 0.2) is 24.8 Å². The molecule has 4 aliphatic rings. The van der Waals surface area contributed by atoms with Crippen molar-refractivity contribution < 1.29 is 9.18 Å². The van der Waals surface area contributed by atoms with Crippen LogP contribution in [0, 0.1) is 34.4 Å². The number of hydrogen-bond acceptors (Lipinski definition) is 5. The molecule has 1 saturated heterocycles. The third-order valence-corrected chi connectivity index (χ3v) is 7.49. The zero-order chi connectivity index (χ0) is 20.3. The second-order valence-electron chi connectivity index (χ2n) is 9.18. The second-order valence-corrected chi connectivity index (χ2v) is 9.18. The van der Waals surface area contributed by atoms with E-state index in [2.05, 4.69) is 21.3 Å². The van der Waals surface area contributed by atoms with Gasteiger partial charge in [0.2, 0.25) is 5.91 Å². The third-order valence-electron chi connectivity index (χ3n) is 7.49. The van der Waals surface area contributed by atoms with Gasteiger partial charge in [-0.15, -0.1) is 0 Å². The number of hydrogen-bond donors (Lipinski definition) is 0. The Morgan fingerprint density at radius 3 is 2.67 bits per heavy atom. The van der Waals surface area contributed by atoms with Gasteiger partial charge in [0.25, 0.3) is 0 Å². The van der Waals surface area contributed by atoms with Gasteiger partial charge >= 0.3 is 0 Å². The summed E-state index contributed by atoms with van der Waals surface area (Å²) in [4.78, 5) is 19.5. The summed E-state index contributed by atoms with van der Waals surface area (Å²) in [5, 5.41) is 18.4. The van der Waals surface area contributed by atoms with E-state index in [0.29, 0.717) is 18.7 Å². The van der Waals surface area contributed by atoms with Crippen LogP contribution in [0.1, 0.15) is 32.1 Å². The quantitative estimate of drug-likeness (QED) is 0.667. The van der Waals surface area contributed by atoms with Gasteiger partial charge in [-0.2, -0.15) is 15.5 Å². The zero-order valence-electron chi connectivity index (χ0n) is 16.1. The molecule has 3 aromatic rings. The summed E-state index contributed by atoms with van der Waals surface area (Å²) in [6.45, 7) is 0.351. The van der Waals surface area contributed by atoms with Gasteiger partial charge < -0.3 is 0 Å². The van der Waals surface area contributed by atoms with E-state index in [1.807, 2.05) is 10.9 Å². The minimum Gasteiger partial charge on any atom is -0.293 e. The van der Waals surface area contributed by atoms with Crippen molar-refractivity contribution in [3.8, 4) is 17.3 Å². The number of amides is 1. The van der Waals surface area contributed by atoms with Gasteiger partial charge in [0.1, 0.15) is 10.9 Å². The first-order valence-electron chi connectivity index (χ1n) is 10.4. The van der Waals surface area contributed by atoms with E-state index in [-0.39, 0.29) is 28.7 Å². The van der Waals surface area contributed by atoms with Crippen LogP contribution in [-0.4, -0.2) is 36.8 Å². The summed E-state index contributed by atoms with van der Waals surface area (Å²) in [5.41, 5.74) is 0.746. The Labute approximate surface area is 170 Å². The maximum Gasteiger partial charge on any atom is 0.249 e. The molecule has 3 saturated carbocycles. The van der Waals surface area contributed by atoms with Gasteiger partial charge in [-0.05, 0) is 43.9 Å². The molecule has 4 fully saturated rings. The molecule has 9 heteroatoms. The average molecular weight is 403 g/mol. The summed E-state index contributed by atoms with van der Waals surface area (Å²) < 4.78 is 18.0. The Morgan fingerprint density at radius 1 is 1.17 bits per heavy atom. The van der Waals surface area contributed by atoms with Crippen LogP contribution >= 0.6 is 0 Å². The highest BCUT2D eigenvalue weighted by atomic mass is 19.1. The molecule has 0 aromatic carbocycles. The van der Waals surface area contributed by atoms with E-state index in [9.17, 15) is 14.4 Å². The molecule has 1 aliphatic heterocycles. The highest BCUT2D eigenvalue weighted by molar-refractivity contribution is 6.04. The normalized spacial score (nSPS) is 31.8. The van der Waals surface area contributed by atoms with Crippen molar-refractivity contribution in [3.05, 3.63) is 30.6 Å². The van der Waals surface area contributed by atoms with Crippen molar-refractivity contribution in [2.75, 3.05) is 11.4 Å². The summed E-state index contributed by atoms with van der Waals surface area (Å²) in [5.74, 6) is 0.266. The van der Waals surface area contributed by atoms with Gasteiger partial charge in [0.05, 0.1) is 35.9 Å². The fourth-order valence-corrected chi connectivity index (χ4v) is 5.13. The Balaban J connectivity index is 1.35. The highest BCUT2D eigenvalue weighted by Gasteiger charge is 2.72. The molecule has 0 bridgehead atoms. The number of carbonyl (C=O) groups is 1. The second kappa shape index (κ2) is 5.06. The average Bonchev–Trinajstić information content (AvgIpc) is 3.68. The maximum atomic E-state index is 14.6. The molecular formula is C21H18FN7O. The molecule has 8 nitrogen and oxygen atoms in total. The monoisotopic (exact) mass is 403 g/mol. The number of halogens is 1. The van der Waals surface area contributed by atoms with Crippen LogP contribution in [0.4, 0.5) is 10.2 Å². The van der Waals surface area contributed by atoms with Crippen molar-refractivity contribution in [1.29, 1.82) is 5.26 Å². The molecule has 150 valence electrons. The van der Waals surface area contributed by atoms with Crippen molar-refractivity contribution in [2.45, 2.75) is 37.6 Å². The first-order chi connectivity index (χ1) is 14.6. The molecule has 30 heavy (non-hydrogen) atoms. The molecular weight excluding hydrogens is 385 g/mol. The number of nitrogens with zero attached hydrogens (tertiary/aromatic N) is 7. The lowest BCUT2D eigenvalue weighted by Gasteiger charge is -2.21. The Hall–Kier alpha value is -3.28.